The van der Waals surface area contributed by atoms with E-state index >= 15 is 0 Å². The summed E-state index contributed by atoms with van der Waals surface area (Å²) in [6, 6.07) is 11.1. The van der Waals surface area contributed by atoms with Gasteiger partial charge in [-0.05, 0) is 49.2 Å². The molecule has 0 unspecified atom stereocenters. The summed E-state index contributed by atoms with van der Waals surface area (Å²) in [7, 11) is 0. The minimum absolute atomic E-state index is 0.287. The first-order valence-corrected chi connectivity index (χ1v) is 7.35. The number of halogens is 1. The minimum Gasteiger partial charge on any atom is -0.399 e. The van der Waals surface area contributed by atoms with Crippen LogP contribution in [0.1, 0.15) is 23.2 Å². The number of hydrogen-bond donors (Lipinski definition) is 2. The third-order valence-corrected chi connectivity index (χ3v) is 3.80. The van der Waals surface area contributed by atoms with Gasteiger partial charge in [0, 0.05) is 24.3 Å². The van der Waals surface area contributed by atoms with Crippen LogP contribution in [0.4, 0.5) is 21.5 Å². The highest BCUT2D eigenvalue weighted by atomic mass is 19.1. The van der Waals surface area contributed by atoms with Crippen LogP contribution in [0.15, 0.2) is 42.5 Å². The van der Waals surface area contributed by atoms with Gasteiger partial charge in [-0.3, -0.25) is 4.79 Å². The number of carbonyl (C=O) groups excluding carboxylic acids is 1. The highest BCUT2D eigenvalue weighted by Gasteiger charge is 2.17. The van der Waals surface area contributed by atoms with Gasteiger partial charge in [0.1, 0.15) is 5.82 Å². The van der Waals surface area contributed by atoms with Gasteiger partial charge in [0.05, 0.1) is 11.4 Å². The summed E-state index contributed by atoms with van der Waals surface area (Å²) in [5.74, 6) is -0.773. The molecule has 1 saturated heterocycles. The molecule has 4 nitrogen and oxygen atoms in total. The van der Waals surface area contributed by atoms with E-state index < -0.39 is 5.82 Å². The second-order valence-electron chi connectivity index (χ2n) is 5.44. The van der Waals surface area contributed by atoms with E-state index in [2.05, 4.69) is 10.2 Å². The van der Waals surface area contributed by atoms with Crippen LogP contribution in [0.25, 0.3) is 0 Å². The van der Waals surface area contributed by atoms with Crippen molar-refractivity contribution < 1.29 is 9.18 Å². The zero-order valence-electron chi connectivity index (χ0n) is 12.2. The Morgan fingerprint density at radius 2 is 1.91 bits per heavy atom. The molecule has 0 radical (unpaired) electrons. The average molecular weight is 299 g/mol. The Hall–Kier alpha value is -2.56. The molecule has 1 fully saturated rings. The minimum atomic E-state index is -0.431. The second-order valence-corrected chi connectivity index (χ2v) is 5.44. The molecule has 3 rings (SSSR count). The van der Waals surface area contributed by atoms with Crippen LogP contribution in [-0.2, 0) is 0 Å². The number of hydrogen-bond acceptors (Lipinski definition) is 3. The maximum atomic E-state index is 13.2. The fourth-order valence-electron chi connectivity index (χ4n) is 2.71. The van der Waals surface area contributed by atoms with E-state index in [4.69, 9.17) is 5.73 Å². The summed E-state index contributed by atoms with van der Waals surface area (Å²) >= 11 is 0. The van der Waals surface area contributed by atoms with Crippen LogP contribution < -0.4 is 16.0 Å². The number of carbonyl (C=O) groups is 1. The van der Waals surface area contributed by atoms with Gasteiger partial charge in [0.25, 0.3) is 5.91 Å². The Kier molecular flexibility index (Phi) is 3.96. The van der Waals surface area contributed by atoms with Crippen molar-refractivity contribution in [3.05, 3.63) is 53.8 Å². The van der Waals surface area contributed by atoms with E-state index in [1.165, 1.54) is 18.2 Å². The van der Waals surface area contributed by atoms with E-state index in [0.29, 0.717) is 11.4 Å². The smallest absolute Gasteiger partial charge is 0.255 e. The third-order valence-electron chi connectivity index (χ3n) is 3.80. The lowest BCUT2D eigenvalue weighted by molar-refractivity contribution is 0.102. The highest BCUT2D eigenvalue weighted by molar-refractivity contribution is 6.06. The number of nitrogens with two attached hydrogens (primary N) is 1. The van der Waals surface area contributed by atoms with E-state index in [1.54, 1.807) is 12.1 Å². The topological polar surface area (TPSA) is 58.4 Å². The summed E-state index contributed by atoms with van der Waals surface area (Å²) in [6.45, 7) is 1.93. The molecule has 0 atom stereocenters. The summed E-state index contributed by atoms with van der Waals surface area (Å²) in [4.78, 5) is 14.5. The molecule has 5 heteroatoms. The fraction of sp³-hybridized carbons (Fsp3) is 0.235. The molecule has 0 spiro atoms. The molecule has 1 amide bonds. The molecule has 1 aliphatic heterocycles. The van der Waals surface area contributed by atoms with E-state index in [9.17, 15) is 9.18 Å². The van der Waals surface area contributed by atoms with Gasteiger partial charge in [0.15, 0.2) is 0 Å². The Morgan fingerprint density at radius 1 is 1.14 bits per heavy atom. The highest BCUT2D eigenvalue weighted by Crippen LogP contribution is 2.31. The Balaban J connectivity index is 1.87. The Bertz CT molecular complexity index is 696. The van der Waals surface area contributed by atoms with E-state index in [1.807, 2.05) is 12.1 Å². The van der Waals surface area contributed by atoms with Crippen LogP contribution in [0.3, 0.4) is 0 Å². The van der Waals surface area contributed by atoms with Crippen LogP contribution in [0.2, 0.25) is 0 Å². The molecule has 1 aliphatic rings. The quantitative estimate of drug-likeness (QED) is 0.855. The van der Waals surface area contributed by atoms with Gasteiger partial charge in [-0.1, -0.05) is 6.07 Å². The first kappa shape index (κ1) is 14.4. The van der Waals surface area contributed by atoms with Crippen molar-refractivity contribution in [3.63, 3.8) is 0 Å². The maximum Gasteiger partial charge on any atom is 0.255 e. The van der Waals surface area contributed by atoms with Crippen molar-refractivity contribution >= 4 is 23.0 Å². The van der Waals surface area contributed by atoms with Gasteiger partial charge >= 0.3 is 0 Å². The molecule has 0 saturated carbocycles. The van der Waals surface area contributed by atoms with Crippen molar-refractivity contribution in [2.24, 2.45) is 0 Å². The lowest BCUT2D eigenvalue weighted by atomic mass is 10.1. The largest absolute Gasteiger partial charge is 0.399 e. The predicted molar refractivity (Wildman–Crippen MR) is 86.7 cm³/mol. The summed E-state index contributed by atoms with van der Waals surface area (Å²) in [6.07, 6.45) is 2.28. The number of benzene rings is 2. The number of rotatable bonds is 3. The molecule has 2 aromatic carbocycles. The van der Waals surface area contributed by atoms with Crippen LogP contribution in [0, 0.1) is 5.82 Å². The number of nitrogens with zero attached hydrogens (tertiary/aromatic N) is 1. The molecule has 0 aromatic heterocycles. The molecule has 2 aromatic rings. The van der Waals surface area contributed by atoms with Gasteiger partial charge in [-0.15, -0.1) is 0 Å². The Morgan fingerprint density at radius 3 is 2.64 bits per heavy atom. The fourth-order valence-corrected chi connectivity index (χ4v) is 2.71. The maximum absolute atomic E-state index is 13.2. The number of nitrogens with one attached hydrogen (secondary N) is 1. The number of nitrogen functional groups attached to an aromatic ring is 1. The SMILES string of the molecule is Nc1ccc(N2CCCC2)c(NC(=O)c2cccc(F)c2)c1. The van der Waals surface area contributed by atoms with Crippen LogP contribution in [-0.4, -0.2) is 19.0 Å². The second kappa shape index (κ2) is 6.05. The molecule has 114 valence electrons. The van der Waals surface area contributed by atoms with Gasteiger partial charge in [0.2, 0.25) is 0 Å². The monoisotopic (exact) mass is 299 g/mol. The Labute approximate surface area is 128 Å². The van der Waals surface area contributed by atoms with E-state index in [0.717, 1.165) is 31.6 Å². The summed E-state index contributed by atoms with van der Waals surface area (Å²) in [5, 5.41) is 2.84. The van der Waals surface area contributed by atoms with Gasteiger partial charge in [-0.25, -0.2) is 4.39 Å². The first-order valence-electron chi connectivity index (χ1n) is 7.35. The van der Waals surface area contributed by atoms with Crippen molar-refractivity contribution in [1.82, 2.24) is 0 Å². The molecular formula is C17H18FN3O. The van der Waals surface area contributed by atoms with Crippen molar-refractivity contribution in [2.45, 2.75) is 12.8 Å². The molecule has 3 N–H and O–H groups in total. The molecule has 22 heavy (non-hydrogen) atoms. The molecule has 0 aliphatic carbocycles. The zero-order valence-corrected chi connectivity index (χ0v) is 12.2. The summed E-state index contributed by atoms with van der Waals surface area (Å²) < 4.78 is 13.2. The van der Waals surface area contributed by atoms with Gasteiger partial charge < -0.3 is 16.0 Å². The first-order chi connectivity index (χ1) is 10.6. The number of anilines is 3. The zero-order chi connectivity index (χ0) is 15.5. The van der Waals surface area contributed by atoms with Crippen molar-refractivity contribution in [2.75, 3.05) is 29.0 Å². The molecular weight excluding hydrogens is 281 g/mol. The average Bonchev–Trinajstić information content (AvgIpc) is 3.01. The van der Waals surface area contributed by atoms with Gasteiger partial charge in [-0.2, -0.15) is 0 Å². The lowest BCUT2D eigenvalue weighted by Crippen LogP contribution is -2.21. The number of amides is 1. The van der Waals surface area contributed by atoms with Crippen molar-refractivity contribution in [3.8, 4) is 0 Å². The molecule has 1 heterocycles. The van der Waals surface area contributed by atoms with E-state index in [-0.39, 0.29) is 11.5 Å². The lowest BCUT2D eigenvalue weighted by Gasteiger charge is -2.22. The normalized spacial score (nSPS) is 14.1. The van der Waals surface area contributed by atoms with Crippen molar-refractivity contribution in [1.29, 1.82) is 0 Å². The van der Waals surface area contributed by atoms with Crippen LogP contribution in [0.5, 0.6) is 0 Å². The third kappa shape index (κ3) is 3.03. The standard InChI is InChI=1S/C17H18FN3O/c18-13-5-3-4-12(10-13)17(22)20-15-11-14(19)6-7-16(15)21-8-1-2-9-21/h3-7,10-11H,1-2,8-9,19H2,(H,20,22). The predicted octanol–water partition coefficient (Wildman–Crippen LogP) is 3.26. The molecule has 0 bridgehead atoms. The summed E-state index contributed by atoms with van der Waals surface area (Å²) in [5.41, 5.74) is 8.32. The van der Waals surface area contributed by atoms with Crippen LogP contribution >= 0.6 is 0 Å².